The second-order valence-electron chi connectivity index (χ2n) is 8.71. The van der Waals surface area contributed by atoms with Gasteiger partial charge in [0, 0.05) is 42.8 Å². The number of carbonyl (C=O) groups is 2. The molecule has 1 aromatic heterocycles. The summed E-state index contributed by atoms with van der Waals surface area (Å²) in [5, 5.41) is 3.11. The minimum Gasteiger partial charge on any atom is -0.379 e. The predicted octanol–water partition coefficient (Wildman–Crippen LogP) is 2.37. The van der Waals surface area contributed by atoms with Crippen LogP contribution in [0.2, 0.25) is 0 Å². The van der Waals surface area contributed by atoms with Crippen LogP contribution in [0.3, 0.4) is 0 Å². The Kier molecular flexibility index (Phi) is 6.43. The molecule has 1 fully saturated rings. The van der Waals surface area contributed by atoms with E-state index in [0.29, 0.717) is 25.2 Å². The van der Waals surface area contributed by atoms with Gasteiger partial charge >= 0.3 is 6.03 Å². The first-order valence-electron chi connectivity index (χ1n) is 11.1. The maximum atomic E-state index is 12.8. The number of carbonyl (C=O) groups excluding carboxylic acids is 2. The molecule has 3 heterocycles. The highest BCUT2D eigenvalue weighted by atomic mass is 16.5. The number of nitrogens with zero attached hydrogens (tertiary/aromatic N) is 3. The molecule has 0 bridgehead atoms. The quantitative estimate of drug-likeness (QED) is 0.723. The third kappa shape index (κ3) is 4.61. The molecular formula is C24H31N5O3. The van der Waals surface area contributed by atoms with Crippen molar-refractivity contribution in [3.05, 3.63) is 53.2 Å². The number of rotatable bonds is 6. The SMILES string of the molecule is CCC(C)(CNC(=O)c1ccc(-c2ccc3c(n2)CN(C(N)=O)C3)cc1)N1CCOCC1. The lowest BCUT2D eigenvalue weighted by Crippen LogP contribution is -2.56. The highest BCUT2D eigenvalue weighted by Crippen LogP contribution is 2.26. The molecule has 0 spiro atoms. The molecule has 1 atom stereocenters. The predicted molar refractivity (Wildman–Crippen MR) is 122 cm³/mol. The van der Waals surface area contributed by atoms with Gasteiger partial charge in [-0.15, -0.1) is 0 Å². The van der Waals surface area contributed by atoms with Crippen LogP contribution in [0.5, 0.6) is 0 Å². The number of fused-ring (bicyclic) bond motifs is 1. The van der Waals surface area contributed by atoms with Gasteiger partial charge in [-0.05, 0) is 37.1 Å². The van der Waals surface area contributed by atoms with E-state index < -0.39 is 6.03 Å². The minimum absolute atomic E-state index is 0.0801. The van der Waals surface area contributed by atoms with E-state index in [1.165, 1.54) is 0 Å². The lowest BCUT2D eigenvalue weighted by atomic mass is 9.95. The fraction of sp³-hybridized carbons (Fsp3) is 0.458. The lowest BCUT2D eigenvalue weighted by Gasteiger charge is -2.43. The summed E-state index contributed by atoms with van der Waals surface area (Å²) in [6.07, 6.45) is 0.948. The van der Waals surface area contributed by atoms with E-state index in [1.54, 1.807) is 4.90 Å². The zero-order valence-corrected chi connectivity index (χ0v) is 18.8. The van der Waals surface area contributed by atoms with E-state index in [-0.39, 0.29) is 11.4 Å². The third-order valence-corrected chi connectivity index (χ3v) is 6.69. The van der Waals surface area contributed by atoms with Crippen LogP contribution in [-0.4, -0.2) is 65.1 Å². The van der Waals surface area contributed by atoms with Gasteiger partial charge in [0.25, 0.3) is 5.91 Å². The molecule has 0 aliphatic carbocycles. The van der Waals surface area contributed by atoms with Crippen LogP contribution in [-0.2, 0) is 17.8 Å². The number of ether oxygens (including phenoxy) is 1. The van der Waals surface area contributed by atoms with Crippen molar-refractivity contribution in [1.82, 2.24) is 20.1 Å². The fourth-order valence-electron chi connectivity index (χ4n) is 4.30. The number of pyridine rings is 1. The van der Waals surface area contributed by atoms with Crippen molar-refractivity contribution < 1.29 is 14.3 Å². The van der Waals surface area contributed by atoms with Gasteiger partial charge in [0.1, 0.15) is 0 Å². The molecule has 170 valence electrons. The number of nitrogens with two attached hydrogens (primary N) is 1. The molecule has 1 unspecified atom stereocenters. The Balaban J connectivity index is 1.40. The molecule has 4 rings (SSSR count). The van der Waals surface area contributed by atoms with Crippen LogP contribution in [0.1, 0.15) is 41.9 Å². The standard InChI is InChI=1S/C24H31N5O3/c1-3-24(2,29-10-12-32-13-11-29)16-26-22(30)18-6-4-17(5-7-18)20-9-8-19-14-28(23(25)31)15-21(19)27-20/h4-9H,3,10-16H2,1-2H3,(H2,25,31)(H,26,30). The Morgan fingerprint density at radius 2 is 1.84 bits per heavy atom. The first kappa shape index (κ1) is 22.2. The van der Waals surface area contributed by atoms with Crippen molar-refractivity contribution in [2.24, 2.45) is 5.73 Å². The van der Waals surface area contributed by atoms with Crippen LogP contribution in [0.4, 0.5) is 4.79 Å². The number of hydrogen-bond donors (Lipinski definition) is 2. The van der Waals surface area contributed by atoms with E-state index in [9.17, 15) is 9.59 Å². The normalized spacial score (nSPS) is 18.1. The average molecular weight is 438 g/mol. The number of aromatic nitrogens is 1. The Labute approximate surface area is 188 Å². The van der Waals surface area contributed by atoms with Crippen LogP contribution >= 0.6 is 0 Å². The van der Waals surface area contributed by atoms with Gasteiger partial charge in [-0.2, -0.15) is 0 Å². The summed E-state index contributed by atoms with van der Waals surface area (Å²) in [5.41, 5.74) is 9.54. The van der Waals surface area contributed by atoms with E-state index in [1.807, 2.05) is 36.4 Å². The first-order valence-corrected chi connectivity index (χ1v) is 11.1. The van der Waals surface area contributed by atoms with Gasteiger partial charge in [-0.25, -0.2) is 4.79 Å². The molecule has 0 saturated carbocycles. The van der Waals surface area contributed by atoms with E-state index >= 15 is 0 Å². The highest BCUT2D eigenvalue weighted by Gasteiger charge is 2.31. The monoisotopic (exact) mass is 437 g/mol. The summed E-state index contributed by atoms with van der Waals surface area (Å²) in [6.45, 7) is 9.12. The second kappa shape index (κ2) is 9.26. The zero-order valence-electron chi connectivity index (χ0n) is 18.8. The van der Waals surface area contributed by atoms with E-state index in [2.05, 4.69) is 24.1 Å². The number of benzene rings is 1. The smallest absolute Gasteiger partial charge is 0.315 e. The maximum Gasteiger partial charge on any atom is 0.315 e. The summed E-state index contributed by atoms with van der Waals surface area (Å²) < 4.78 is 5.47. The topological polar surface area (TPSA) is 101 Å². The molecule has 2 aliphatic heterocycles. The van der Waals surface area contributed by atoms with Gasteiger partial charge in [-0.1, -0.05) is 25.1 Å². The van der Waals surface area contributed by atoms with Gasteiger partial charge in [0.15, 0.2) is 0 Å². The summed E-state index contributed by atoms with van der Waals surface area (Å²) >= 11 is 0. The fourth-order valence-corrected chi connectivity index (χ4v) is 4.30. The highest BCUT2D eigenvalue weighted by molar-refractivity contribution is 5.94. The van der Waals surface area contributed by atoms with Crippen molar-refractivity contribution in [3.8, 4) is 11.3 Å². The third-order valence-electron chi connectivity index (χ3n) is 6.69. The molecule has 8 heteroatoms. The largest absolute Gasteiger partial charge is 0.379 e. The van der Waals surface area contributed by atoms with Gasteiger partial charge in [-0.3, -0.25) is 14.7 Å². The number of urea groups is 1. The van der Waals surface area contributed by atoms with E-state index in [4.69, 9.17) is 15.5 Å². The molecule has 1 aromatic carbocycles. The number of amides is 3. The Bertz CT molecular complexity index is 988. The molecule has 0 radical (unpaired) electrons. The summed E-state index contributed by atoms with van der Waals surface area (Å²) in [4.78, 5) is 32.9. The van der Waals surface area contributed by atoms with Crippen molar-refractivity contribution >= 4 is 11.9 Å². The average Bonchev–Trinajstić information content (AvgIpc) is 3.27. The number of morpholine rings is 1. The molecule has 2 aliphatic rings. The summed E-state index contributed by atoms with van der Waals surface area (Å²) in [6, 6.07) is 11.0. The lowest BCUT2D eigenvalue weighted by molar-refractivity contribution is -0.0169. The Hall–Kier alpha value is -2.97. The minimum atomic E-state index is -0.437. The molecule has 1 saturated heterocycles. The van der Waals surface area contributed by atoms with Crippen molar-refractivity contribution in [1.29, 1.82) is 0 Å². The number of hydrogen-bond acceptors (Lipinski definition) is 5. The van der Waals surface area contributed by atoms with Crippen molar-refractivity contribution in [3.63, 3.8) is 0 Å². The maximum absolute atomic E-state index is 12.8. The Morgan fingerprint density at radius 3 is 2.50 bits per heavy atom. The van der Waals surface area contributed by atoms with Crippen LogP contribution in [0.15, 0.2) is 36.4 Å². The molecule has 3 N–H and O–H groups in total. The Morgan fingerprint density at radius 1 is 1.12 bits per heavy atom. The van der Waals surface area contributed by atoms with E-state index in [0.717, 1.165) is 55.2 Å². The van der Waals surface area contributed by atoms with Gasteiger partial charge in [0.2, 0.25) is 0 Å². The van der Waals surface area contributed by atoms with Crippen LogP contribution in [0.25, 0.3) is 11.3 Å². The number of primary amides is 1. The van der Waals surface area contributed by atoms with Gasteiger partial charge < -0.3 is 20.7 Å². The van der Waals surface area contributed by atoms with Gasteiger partial charge in [0.05, 0.1) is 31.1 Å². The van der Waals surface area contributed by atoms with Crippen molar-refractivity contribution in [2.75, 3.05) is 32.8 Å². The van der Waals surface area contributed by atoms with Crippen LogP contribution in [0, 0.1) is 0 Å². The second-order valence-corrected chi connectivity index (χ2v) is 8.71. The number of nitrogens with one attached hydrogen (secondary N) is 1. The van der Waals surface area contributed by atoms with Crippen molar-refractivity contribution in [2.45, 2.75) is 38.9 Å². The zero-order chi connectivity index (χ0) is 22.7. The summed E-state index contributed by atoms with van der Waals surface area (Å²) in [5.74, 6) is -0.0801. The molecule has 2 aromatic rings. The molecule has 8 nitrogen and oxygen atoms in total. The molecule has 3 amide bonds. The van der Waals surface area contributed by atoms with Crippen LogP contribution < -0.4 is 11.1 Å². The molecule has 32 heavy (non-hydrogen) atoms. The molecular weight excluding hydrogens is 406 g/mol. The summed E-state index contributed by atoms with van der Waals surface area (Å²) in [7, 11) is 0. The first-order chi connectivity index (χ1) is 15.4.